The highest BCUT2D eigenvalue weighted by molar-refractivity contribution is 7.26. The van der Waals surface area contributed by atoms with Crippen molar-refractivity contribution >= 4 is 49.2 Å². The van der Waals surface area contributed by atoms with E-state index in [4.69, 9.17) is 15.0 Å². The second-order valence-electron chi connectivity index (χ2n) is 11.7. The van der Waals surface area contributed by atoms with Gasteiger partial charge >= 0.3 is 0 Å². The number of thiophene rings is 1. The van der Waals surface area contributed by atoms with Crippen LogP contribution in [0.2, 0.25) is 0 Å². The van der Waals surface area contributed by atoms with E-state index in [0.29, 0.717) is 5.91 Å². The highest BCUT2D eigenvalue weighted by Gasteiger charge is 2.32. The van der Waals surface area contributed by atoms with Crippen LogP contribution in [0.5, 0.6) is 0 Å². The molecule has 7 rings (SSSR count). The normalized spacial score (nSPS) is 16.5. The summed E-state index contributed by atoms with van der Waals surface area (Å²) in [5.41, 5.74) is 8.17. The maximum absolute atomic E-state index is 13.6. The lowest BCUT2D eigenvalue weighted by Gasteiger charge is -2.40. The standard InChI is InChI=1S/C34H36N6OS/c1-22-9-10-23(2)28(19-22)38-15-17-40(18-16-38)34(41)26-11-13-39(14-12-26)32-31-30(35-21-36-32)29-27(25-7-5-4-6-8-25)20-24(3)37-33(29)42-31/h4-10,19-21,26H,11-18H2,1-3H3. The number of amides is 1. The van der Waals surface area contributed by atoms with E-state index in [1.807, 2.05) is 13.0 Å². The number of anilines is 2. The Bertz CT molecular complexity index is 1770. The van der Waals surface area contributed by atoms with Crippen LogP contribution in [0.4, 0.5) is 11.5 Å². The molecular weight excluding hydrogens is 540 g/mol. The summed E-state index contributed by atoms with van der Waals surface area (Å²) in [6.07, 6.45) is 3.38. The van der Waals surface area contributed by atoms with Crippen LogP contribution in [0.3, 0.4) is 0 Å². The summed E-state index contributed by atoms with van der Waals surface area (Å²) in [6.45, 7) is 11.3. The Kier molecular flexibility index (Phi) is 7.02. The van der Waals surface area contributed by atoms with Crippen molar-refractivity contribution in [3.05, 3.63) is 77.7 Å². The van der Waals surface area contributed by atoms with Crippen molar-refractivity contribution in [1.29, 1.82) is 0 Å². The monoisotopic (exact) mass is 576 g/mol. The van der Waals surface area contributed by atoms with E-state index in [1.54, 1.807) is 17.7 Å². The molecule has 7 nitrogen and oxygen atoms in total. The fourth-order valence-electron chi connectivity index (χ4n) is 6.58. The smallest absolute Gasteiger partial charge is 0.225 e. The second-order valence-corrected chi connectivity index (χ2v) is 12.7. The van der Waals surface area contributed by atoms with Gasteiger partial charge in [-0.15, -0.1) is 11.3 Å². The molecule has 2 saturated heterocycles. The highest BCUT2D eigenvalue weighted by Crippen LogP contribution is 2.42. The van der Waals surface area contributed by atoms with Crippen molar-refractivity contribution in [2.24, 2.45) is 5.92 Å². The van der Waals surface area contributed by atoms with Crippen molar-refractivity contribution in [2.75, 3.05) is 49.1 Å². The average Bonchev–Trinajstić information content (AvgIpc) is 3.40. The third kappa shape index (κ3) is 4.87. The quantitative estimate of drug-likeness (QED) is 0.247. The maximum atomic E-state index is 13.6. The zero-order chi connectivity index (χ0) is 28.8. The first-order chi connectivity index (χ1) is 20.5. The average molecular weight is 577 g/mol. The van der Waals surface area contributed by atoms with Crippen molar-refractivity contribution in [1.82, 2.24) is 19.9 Å². The predicted octanol–water partition coefficient (Wildman–Crippen LogP) is 6.40. The number of pyridine rings is 1. The summed E-state index contributed by atoms with van der Waals surface area (Å²) in [6, 6.07) is 19.3. The minimum absolute atomic E-state index is 0.0715. The number of carbonyl (C=O) groups excluding carboxylic acids is 1. The Morgan fingerprint density at radius 3 is 2.38 bits per heavy atom. The van der Waals surface area contributed by atoms with Crippen molar-refractivity contribution in [3.63, 3.8) is 0 Å². The molecule has 5 heterocycles. The van der Waals surface area contributed by atoms with Gasteiger partial charge in [0.05, 0.1) is 10.2 Å². The van der Waals surface area contributed by atoms with E-state index in [-0.39, 0.29) is 5.92 Å². The third-order valence-corrected chi connectivity index (χ3v) is 9.93. The highest BCUT2D eigenvalue weighted by atomic mass is 32.1. The minimum atomic E-state index is 0.0715. The first kappa shape index (κ1) is 26.8. The van der Waals surface area contributed by atoms with Gasteiger partial charge in [-0.25, -0.2) is 15.0 Å². The summed E-state index contributed by atoms with van der Waals surface area (Å²) < 4.78 is 1.08. The fraction of sp³-hybridized carbons (Fsp3) is 0.353. The Hall–Kier alpha value is -4.04. The van der Waals surface area contributed by atoms with Gasteiger partial charge in [-0.05, 0) is 68.0 Å². The maximum Gasteiger partial charge on any atom is 0.225 e. The lowest BCUT2D eigenvalue weighted by atomic mass is 9.95. The number of piperidine rings is 1. The number of fused-ring (bicyclic) bond motifs is 3. The first-order valence-corrected chi connectivity index (χ1v) is 15.7. The largest absolute Gasteiger partial charge is 0.368 e. The molecule has 0 saturated carbocycles. The van der Waals surface area contributed by atoms with Gasteiger partial charge in [0.25, 0.3) is 0 Å². The molecule has 3 aromatic heterocycles. The van der Waals surface area contributed by atoms with Crippen molar-refractivity contribution in [2.45, 2.75) is 33.6 Å². The molecule has 8 heteroatoms. The number of nitrogens with zero attached hydrogens (tertiary/aromatic N) is 6. The zero-order valence-corrected chi connectivity index (χ0v) is 25.3. The topological polar surface area (TPSA) is 65.5 Å². The molecule has 42 heavy (non-hydrogen) atoms. The van der Waals surface area contributed by atoms with Gasteiger partial charge in [0.2, 0.25) is 5.91 Å². The van der Waals surface area contributed by atoms with Gasteiger partial charge in [-0.1, -0.05) is 42.5 Å². The molecule has 0 radical (unpaired) electrons. The van der Waals surface area contributed by atoms with E-state index < -0.39 is 0 Å². The summed E-state index contributed by atoms with van der Waals surface area (Å²) in [5, 5.41) is 1.10. The number of benzene rings is 2. The molecule has 0 atom stereocenters. The summed E-state index contributed by atoms with van der Waals surface area (Å²) in [5.74, 6) is 1.35. The molecule has 0 N–H and O–H groups in total. The fourth-order valence-corrected chi connectivity index (χ4v) is 7.79. The summed E-state index contributed by atoms with van der Waals surface area (Å²) >= 11 is 1.68. The van der Waals surface area contributed by atoms with Crippen LogP contribution in [0, 0.1) is 26.7 Å². The Morgan fingerprint density at radius 2 is 1.62 bits per heavy atom. The Labute approximate surface area is 250 Å². The SMILES string of the molecule is Cc1ccc(C)c(N2CCN(C(=O)C3CCN(c4ncnc5c4sc4nc(C)cc(-c6ccccc6)c45)CC3)CC2)c1. The van der Waals surface area contributed by atoms with Crippen LogP contribution >= 0.6 is 11.3 Å². The van der Waals surface area contributed by atoms with Gasteiger partial charge in [0, 0.05) is 62.0 Å². The summed E-state index contributed by atoms with van der Waals surface area (Å²) in [4.78, 5) is 35.8. The molecule has 0 bridgehead atoms. The van der Waals surface area contributed by atoms with E-state index in [9.17, 15) is 4.79 Å². The van der Waals surface area contributed by atoms with Crippen LogP contribution in [0.15, 0.2) is 60.9 Å². The van der Waals surface area contributed by atoms with Crippen molar-refractivity contribution < 1.29 is 4.79 Å². The third-order valence-electron chi connectivity index (χ3n) is 8.86. The van der Waals surface area contributed by atoms with E-state index >= 15 is 0 Å². The molecule has 2 aromatic carbocycles. The molecule has 0 aliphatic carbocycles. The van der Waals surface area contributed by atoms with Crippen LogP contribution in [0.25, 0.3) is 31.6 Å². The molecule has 2 fully saturated rings. The van der Waals surface area contributed by atoms with E-state index in [2.05, 4.69) is 77.1 Å². The second kappa shape index (κ2) is 11.0. The Balaban J connectivity index is 1.06. The molecule has 5 aromatic rings. The van der Waals surface area contributed by atoms with Gasteiger partial charge in [-0.2, -0.15) is 0 Å². The molecule has 0 unspecified atom stereocenters. The van der Waals surface area contributed by atoms with Gasteiger partial charge < -0.3 is 14.7 Å². The van der Waals surface area contributed by atoms with Crippen LogP contribution in [-0.2, 0) is 4.79 Å². The summed E-state index contributed by atoms with van der Waals surface area (Å²) in [7, 11) is 0. The van der Waals surface area contributed by atoms with Crippen LogP contribution < -0.4 is 9.80 Å². The zero-order valence-electron chi connectivity index (χ0n) is 24.5. The number of aromatic nitrogens is 3. The number of hydrogen-bond donors (Lipinski definition) is 0. The minimum Gasteiger partial charge on any atom is -0.368 e. The lowest BCUT2D eigenvalue weighted by Crippen LogP contribution is -2.52. The molecule has 2 aliphatic rings. The predicted molar refractivity (Wildman–Crippen MR) is 173 cm³/mol. The Morgan fingerprint density at radius 1 is 0.857 bits per heavy atom. The molecule has 0 spiro atoms. The van der Waals surface area contributed by atoms with E-state index in [1.165, 1.54) is 22.4 Å². The number of rotatable bonds is 4. The number of hydrogen-bond acceptors (Lipinski definition) is 7. The number of carbonyl (C=O) groups is 1. The van der Waals surface area contributed by atoms with Gasteiger partial charge in [0.1, 0.15) is 17.0 Å². The van der Waals surface area contributed by atoms with Crippen molar-refractivity contribution in [3.8, 4) is 11.1 Å². The van der Waals surface area contributed by atoms with Crippen LogP contribution in [-0.4, -0.2) is 65.0 Å². The van der Waals surface area contributed by atoms with E-state index in [0.717, 1.165) is 89.6 Å². The molecule has 214 valence electrons. The first-order valence-electron chi connectivity index (χ1n) is 14.9. The molecular formula is C34H36N6OS. The van der Waals surface area contributed by atoms with Gasteiger partial charge in [0.15, 0.2) is 0 Å². The molecule has 2 aliphatic heterocycles. The number of aryl methyl sites for hydroxylation is 3. The number of piperazine rings is 1. The van der Waals surface area contributed by atoms with Gasteiger partial charge in [-0.3, -0.25) is 4.79 Å². The lowest BCUT2D eigenvalue weighted by molar-refractivity contribution is -0.136. The molecule has 1 amide bonds. The van der Waals surface area contributed by atoms with Crippen LogP contribution in [0.1, 0.15) is 29.7 Å².